The van der Waals surface area contributed by atoms with Crippen LogP contribution in [0.4, 0.5) is 0 Å². The van der Waals surface area contributed by atoms with E-state index in [4.69, 9.17) is 10.5 Å². The van der Waals surface area contributed by atoms with E-state index in [0.29, 0.717) is 19.6 Å². The topological polar surface area (TPSA) is 93.4 Å². The molecule has 32 heavy (non-hydrogen) atoms. The Bertz CT molecular complexity index is 889. The Hall–Kier alpha value is -3.12. The maximum atomic E-state index is 12.6. The van der Waals surface area contributed by atoms with Crippen molar-refractivity contribution in [2.24, 2.45) is 5.73 Å². The summed E-state index contributed by atoms with van der Waals surface area (Å²) in [6.45, 7) is 10.3. The molecule has 172 valence electrons. The molecule has 0 aliphatic heterocycles. The lowest BCUT2D eigenvalue weighted by Gasteiger charge is -2.19. The minimum atomic E-state index is -0.749. The zero-order chi connectivity index (χ0) is 23.5. The number of nitrogens with two attached hydrogens (primary N) is 1. The molecule has 2 aromatic rings. The van der Waals surface area contributed by atoms with Gasteiger partial charge in [0.25, 0.3) is 0 Å². The highest BCUT2D eigenvalue weighted by atomic mass is 16.5. The molecule has 6 nitrogen and oxygen atoms in total. The number of hydrogen-bond donors (Lipinski definition) is 3. The van der Waals surface area contributed by atoms with Crippen molar-refractivity contribution in [1.29, 1.82) is 0 Å². The molecule has 0 radical (unpaired) electrons. The van der Waals surface area contributed by atoms with Crippen LogP contribution in [0.1, 0.15) is 35.6 Å². The largest absolute Gasteiger partial charge is 0.490 e. The van der Waals surface area contributed by atoms with Gasteiger partial charge in [0, 0.05) is 6.54 Å². The van der Waals surface area contributed by atoms with Gasteiger partial charge in [-0.2, -0.15) is 0 Å². The first-order valence-corrected chi connectivity index (χ1v) is 11.0. The van der Waals surface area contributed by atoms with Crippen LogP contribution in [-0.4, -0.2) is 37.0 Å². The molecule has 2 rings (SSSR count). The first-order chi connectivity index (χ1) is 15.3. The summed E-state index contributed by atoms with van der Waals surface area (Å²) < 4.78 is 5.60. The van der Waals surface area contributed by atoms with E-state index in [1.165, 1.54) is 5.56 Å². The molecule has 2 amide bonds. The molecule has 6 heteroatoms. The minimum absolute atomic E-state index is 0.213. The Balaban J connectivity index is 1.80. The predicted molar refractivity (Wildman–Crippen MR) is 129 cm³/mol. The van der Waals surface area contributed by atoms with Crippen LogP contribution in [-0.2, 0) is 22.4 Å². The molecule has 0 aromatic heterocycles. The van der Waals surface area contributed by atoms with Gasteiger partial charge in [0.05, 0.1) is 6.04 Å². The van der Waals surface area contributed by atoms with E-state index in [2.05, 4.69) is 29.3 Å². The van der Waals surface area contributed by atoms with Gasteiger partial charge < -0.3 is 21.1 Å². The molecule has 4 N–H and O–H groups in total. The van der Waals surface area contributed by atoms with Crippen LogP contribution < -0.4 is 21.1 Å². The Morgan fingerprint density at radius 3 is 2.41 bits per heavy atom. The Labute approximate surface area is 191 Å². The number of hydrogen-bond acceptors (Lipinski definition) is 4. The lowest BCUT2D eigenvalue weighted by molar-refractivity contribution is -0.129. The average molecular weight is 438 g/mol. The molecule has 2 atom stereocenters. The molecule has 0 fully saturated rings. The van der Waals surface area contributed by atoms with Crippen LogP contribution in [0.5, 0.6) is 5.75 Å². The van der Waals surface area contributed by atoms with Crippen molar-refractivity contribution in [3.05, 3.63) is 77.4 Å². The van der Waals surface area contributed by atoms with Gasteiger partial charge in [0.1, 0.15) is 18.4 Å². The molecule has 0 unspecified atom stereocenters. The second-order valence-electron chi connectivity index (χ2n) is 8.06. The fourth-order valence-corrected chi connectivity index (χ4v) is 3.51. The third-order valence-corrected chi connectivity index (χ3v) is 5.33. The maximum absolute atomic E-state index is 12.6. The molecule has 2 aromatic carbocycles. The number of ether oxygens (including phenoxy) is 1. The quantitative estimate of drug-likeness (QED) is 0.352. The molecular weight excluding hydrogens is 402 g/mol. The summed E-state index contributed by atoms with van der Waals surface area (Å²) in [5.41, 5.74) is 10.4. The Morgan fingerprint density at radius 2 is 1.78 bits per heavy atom. The van der Waals surface area contributed by atoms with Gasteiger partial charge in [-0.3, -0.25) is 9.59 Å². The Morgan fingerprint density at radius 1 is 1.12 bits per heavy atom. The third-order valence-electron chi connectivity index (χ3n) is 5.33. The van der Waals surface area contributed by atoms with Gasteiger partial charge in [0.2, 0.25) is 11.8 Å². The van der Waals surface area contributed by atoms with Crippen LogP contribution >= 0.6 is 0 Å². The van der Waals surface area contributed by atoms with Crippen molar-refractivity contribution in [1.82, 2.24) is 10.6 Å². The SMILES string of the molecule is C=CCOc1cc(C)c(C[C@H](N)C(=O)N[C@H](C)C(=O)NCCCc2ccccc2)c(C)c1. The highest BCUT2D eigenvalue weighted by Gasteiger charge is 2.21. The van der Waals surface area contributed by atoms with E-state index in [0.717, 1.165) is 35.3 Å². The number of benzene rings is 2. The van der Waals surface area contributed by atoms with Gasteiger partial charge in [-0.15, -0.1) is 0 Å². The van der Waals surface area contributed by atoms with E-state index in [9.17, 15) is 9.59 Å². The summed E-state index contributed by atoms with van der Waals surface area (Å²) in [6, 6.07) is 12.6. The molecule has 0 aliphatic rings. The summed E-state index contributed by atoms with van der Waals surface area (Å²) in [5, 5.41) is 5.60. The van der Waals surface area contributed by atoms with Crippen LogP contribution in [0.25, 0.3) is 0 Å². The molecule has 0 aliphatic carbocycles. The van der Waals surface area contributed by atoms with Gasteiger partial charge in [-0.1, -0.05) is 43.0 Å². The molecular formula is C26H35N3O3. The van der Waals surface area contributed by atoms with E-state index >= 15 is 0 Å². The second-order valence-corrected chi connectivity index (χ2v) is 8.06. The van der Waals surface area contributed by atoms with Gasteiger partial charge in [-0.05, 0) is 74.4 Å². The number of aryl methyl sites for hydroxylation is 3. The molecule has 0 saturated heterocycles. The van der Waals surface area contributed by atoms with Crippen LogP contribution in [0.15, 0.2) is 55.1 Å². The van der Waals surface area contributed by atoms with Gasteiger partial charge in [-0.25, -0.2) is 0 Å². The Kier molecular flexibility index (Phi) is 9.95. The molecule has 0 saturated carbocycles. The van der Waals surface area contributed by atoms with Crippen molar-refractivity contribution in [3.8, 4) is 5.75 Å². The normalized spacial score (nSPS) is 12.5. The first kappa shape index (κ1) is 25.1. The van der Waals surface area contributed by atoms with E-state index in [1.54, 1.807) is 13.0 Å². The smallest absolute Gasteiger partial charge is 0.242 e. The van der Waals surface area contributed by atoms with Gasteiger partial charge >= 0.3 is 0 Å². The number of rotatable bonds is 12. The third kappa shape index (κ3) is 7.85. The van der Waals surface area contributed by atoms with Crippen molar-refractivity contribution < 1.29 is 14.3 Å². The fraction of sp³-hybridized carbons (Fsp3) is 0.385. The summed E-state index contributed by atoms with van der Waals surface area (Å²) in [7, 11) is 0. The highest BCUT2D eigenvalue weighted by molar-refractivity contribution is 5.89. The maximum Gasteiger partial charge on any atom is 0.242 e. The van der Waals surface area contributed by atoms with E-state index < -0.39 is 12.1 Å². The van der Waals surface area contributed by atoms with Crippen LogP contribution in [0.3, 0.4) is 0 Å². The number of carbonyl (C=O) groups is 2. The van der Waals surface area contributed by atoms with Crippen molar-refractivity contribution >= 4 is 11.8 Å². The zero-order valence-corrected chi connectivity index (χ0v) is 19.3. The molecule has 0 heterocycles. The fourth-order valence-electron chi connectivity index (χ4n) is 3.51. The van der Waals surface area contributed by atoms with Crippen molar-refractivity contribution in [2.75, 3.05) is 13.2 Å². The molecule has 0 bridgehead atoms. The van der Waals surface area contributed by atoms with E-state index in [-0.39, 0.29) is 11.8 Å². The number of amides is 2. The summed E-state index contributed by atoms with van der Waals surface area (Å²) in [6.07, 6.45) is 3.81. The highest BCUT2D eigenvalue weighted by Crippen LogP contribution is 2.23. The number of carbonyl (C=O) groups excluding carboxylic acids is 2. The summed E-state index contributed by atoms with van der Waals surface area (Å²) in [4.78, 5) is 24.9. The van der Waals surface area contributed by atoms with Crippen molar-refractivity contribution in [2.45, 2.75) is 52.1 Å². The first-order valence-electron chi connectivity index (χ1n) is 11.0. The standard InChI is InChI=1S/C26H35N3O3/c1-5-14-32-22-15-18(2)23(19(3)16-22)17-24(27)26(31)29-20(4)25(30)28-13-9-12-21-10-7-6-8-11-21/h5-8,10-11,15-16,20,24H,1,9,12-14,17,27H2,2-4H3,(H,28,30)(H,29,31)/t20-,24+/m1/s1. The van der Waals surface area contributed by atoms with Gasteiger partial charge in [0.15, 0.2) is 0 Å². The summed E-state index contributed by atoms with van der Waals surface area (Å²) >= 11 is 0. The minimum Gasteiger partial charge on any atom is -0.490 e. The average Bonchev–Trinajstić information content (AvgIpc) is 2.78. The van der Waals surface area contributed by atoms with E-state index in [1.807, 2.05) is 44.2 Å². The lowest BCUT2D eigenvalue weighted by atomic mass is 9.96. The lowest BCUT2D eigenvalue weighted by Crippen LogP contribution is -2.51. The zero-order valence-electron chi connectivity index (χ0n) is 19.3. The number of nitrogens with one attached hydrogen (secondary N) is 2. The predicted octanol–water partition coefficient (Wildman–Crippen LogP) is 2.99. The van der Waals surface area contributed by atoms with Crippen LogP contribution in [0, 0.1) is 13.8 Å². The monoisotopic (exact) mass is 437 g/mol. The van der Waals surface area contributed by atoms with Crippen molar-refractivity contribution in [3.63, 3.8) is 0 Å². The van der Waals surface area contributed by atoms with Crippen LogP contribution in [0.2, 0.25) is 0 Å². The second kappa shape index (κ2) is 12.7. The summed E-state index contributed by atoms with van der Waals surface area (Å²) in [5.74, 6) is 0.205. The molecule has 0 spiro atoms.